The molecule has 1 aromatic carbocycles. The van der Waals surface area contributed by atoms with Crippen LogP contribution >= 0.6 is 15.9 Å². The van der Waals surface area contributed by atoms with Gasteiger partial charge in [0.05, 0.1) is 10.0 Å². The normalized spacial score (nSPS) is 32.4. The van der Waals surface area contributed by atoms with E-state index in [2.05, 4.69) is 63.5 Å². The maximum atomic E-state index is 13.5. The predicted octanol–water partition coefficient (Wildman–Crippen LogP) is 6.44. The van der Waals surface area contributed by atoms with Crippen molar-refractivity contribution in [3.05, 3.63) is 27.2 Å². The smallest absolute Gasteiger partial charge is 0.193 e. The van der Waals surface area contributed by atoms with Crippen molar-refractivity contribution in [3.8, 4) is 5.75 Å². The molecular weight excluding hydrogens is 414 g/mol. The Morgan fingerprint density at radius 2 is 2.07 bits per heavy atom. The third kappa shape index (κ3) is 2.89. The zero-order chi connectivity index (χ0) is 20.4. The van der Waals surface area contributed by atoms with Crippen LogP contribution in [0.25, 0.3) is 0 Å². The fourth-order valence-electron chi connectivity index (χ4n) is 5.69. The number of ether oxygens (including phenoxy) is 1. The number of halogens is 1. The van der Waals surface area contributed by atoms with Gasteiger partial charge in [-0.2, -0.15) is 0 Å². The van der Waals surface area contributed by atoms with Crippen molar-refractivity contribution < 1.29 is 9.53 Å². The Bertz CT molecular complexity index is 859. The molecule has 4 heteroatoms. The summed E-state index contributed by atoms with van der Waals surface area (Å²) in [4.78, 5) is 18.4. The molecule has 0 bridgehead atoms. The number of hydrogen-bond donors (Lipinski definition) is 0. The average molecular weight is 446 g/mol. The van der Waals surface area contributed by atoms with Crippen LogP contribution in [0.4, 0.5) is 0 Å². The number of hydrogen-bond acceptors (Lipinski definition) is 3. The quantitative estimate of drug-likeness (QED) is 0.536. The molecule has 2 unspecified atom stereocenters. The Morgan fingerprint density at radius 1 is 1.36 bits per heavy atom. The summed E-state index contributed by atoms with van der Waals surface area (Å²) in [6.07, 6.45) is 3.58. The van der Waals surface area contributed by atoms with Crippen LogP contribution in [0.5, 0.6) is 5.75 Å². The molecule has 1 aliphatic heterocycles. The van der Waals surface area contributed by atoms with Gasteiger partial charge in [-0.15, -0.1) is 0 Å². The fourth-order valence-corrected chi connectivity index (χ4v) is 6.10. The van der Waals surface area contributed by atoms with E-state index < -0.39 is 0 Å². The Morgan fingerprint density at radius 3 is 2.71 bits per heavy atom. The molecule has 5 atom stereocenters. The van der Waals surface area contributed by atoms with Crippen LogP contribution in [0.3, 0.4) is 0 Å². The lowest BCUT2D eigenvalue weighted by atomic mass is 9.69. The van der Waals surface area contributed by atoms with Crippen molar-refractivity contribution >= 4 is 27.4 Å². The number of aliphatic imine (C=N–C) groups is 1. The summed E-state index contributed by atoms with van der Waals surface area (Å²) < 4.78 is 7.41. The zero-order valence-electron chi connectivity index (χ0n) is 17.9. The molecule has 28 heavy (non-hydrogen) atoms. The van der Waals surface area contributed by atoms with Gasteiger partial charge in [0.25, 0.3) is 0 Å². The minimum Gasteiger partial charge on any atom is -0.467 e. The fraction of sp³-hybridized carbons (Fsp3) is 0.667. The minimum absolute atomic E-state index is 0.00574. The van der Waals surface area contributed by atoms with Crippen molar-refractivity contribution in [2.24, 2.45) is 28.2 Å². The number of fused-ring (bicyclic) bond motifs is 2. The number of ketones is 1. The van der Waals surface area contributed by atoms with Crippen LogP contribution in [-0.2, 0) is 4.79 Å². The Labute approximate surface area is 177 Å². The molecule has 0 N–H and O–H groups in total. The number of carbonyl (C=O) groups is 1. The number of rotatable bonds is 3. The van der Waals surface area contributed by atoms with E-state index in [-0.39, 0.29) is 23.3 Å². The summed E-state index contributed by atoms with van der Waals surface area (Å²) in [5.74, 6) is 2.88. The lowest BCUT2D eigenvalue weighted by Crippen LogP contribution is -2.32. The van der Waals surface area contributed by atoms with Gasteiger partial charge >= 0.3 is 0 Å². The van der Waals surface area contributed by atoms with Crippen molar-refractivity contribution in [3.63, 3.8) is 0 Å². The van der Waals surface area contributed by atoms with Crippen LogP contribution in [0, 0.1) is 30.1 Å². The van der Waals surface area contributed by atoms with Crippen LogP contribution in [0.15, 0.2) is 15.5 Å². The second-order valence-electron chi connectivity index (χ2n) is 9.85. The monoisotopic (exact) mass is 445 g/mol. The molecule has 0 amide bonds. The van der Waals surface area contributed by atoms with Crippen molar-refractivity contribution in [1.29, 1.82) is 0 Å². The molecule has 3 aliphatic rings. The number of nitrogens with zero attached hydrogens (tertiary/aromatic N) is 1. The summed E-state index contributed by atoms with van der Waals surface area (Å²) >= 11 is 3.76. The van der Waals surface area contributed by atoms with Crippen LogP contribution in [-0.4, -0.2) is 17.7 Å². The molecule has 0 radical (unpaired) electrons. The summed E-state index contributed by atoms with van der Waals surface area (Å²) in [5.41, 5.74) is 4.13. The SMILES string of the molecule is CCC(C)[C@H]1N=C2C(=O)C[C@]3(C)CCC(C(C)C)[C@@H]3c3cc(C)c(Br)c(c32)O1. The second-order valence-corrected chi connectivity index (χ2v) is 10.6. The highest BCUT2D eigenvalue weighted by Crippen LogP contribution is 2.60. The van der Waals surface area contributed by atoms with E-state index in [1.165, 1.54) is 17.5 Å². The molecule has 0 aromatic heterocycles. The number of Topliss-reactive ketones (excluding diaryl/α,β-unsaturated/α-hetero) is 1. The maximum Gasteiger partial charge on any atom is 0.193 e. The van der Waals surface area contributed by atoms with Gasteiger partial charge in [-0.3, -0.25) is 4.79 Å². The standard InChI is InChI=1S/C24H32BrNO2/c1-7-13(4)23-26-21-17(27)11-24(6)9-8-15(12(2)3)19(24)16-10-14(5)20(25)22(28-23)18(16)21/h10,12-13,15,19,23H,7-9,11H2,1-6H3/t13?,15?,19-,23+,24+/m1/s1. The molecule has 2 aliphatic carbocycles. The summed E-state index contributed by atoms with van der Waals surface area (Å²) in [7, 11) is 0. The first kappa shape index (κ1) is 20.1. The van der Waals surface area contributed by atoms with E-state index in [9.17, 15) is 4.79 Å². The van der Waals surface area contributed by atoms with Gasteiger partial charge in [0.2, 0.25) is 0 Å². The van der Waals surface area contributed by atoms with Gasteiger partial charge in [0.15, 0.2) is 12.0 Å². The maximum absolute atomic E-state index is 13.5. The van der Waals surface area contributed by atoms with Crippen LogP contribution in [0.2, 0.25) is 0 Å². The number of carbonyl (C=O) groups excluding carboxylic acids is 1. The molecular formula is C24H32BrNO2. The first-order valence-electron chi connectivity index (χ1n) is 10.8. The van der Waals surface area contributed by atoms with Gasteiger partial charge in [0, 0.05) is 12.3 Å². The minimum atomic E-state index is -0.283. The first-order valence-corrected chi connectivity index (χ1v) is 11.6. The highest BCUT2D eigenvalue weighted by atomic mass is 79.9. The summed E-state index contributed by atoms with van der Waals surface area (Å²) in [6, 6.07) is 2.30. The molecule has 1 fully saturated rings. The molecule has 0 spiro atoms. The summed E-state index contributed by atoms with van der Waals surface area (Å²) in [5, 5.41) is 0. The van der Waals surface area contributed by atoms with E-state index >= 15 is 0 Å². The average Bonchev–Trinajstić information content (AvgIpc) is 2.96. The van der Waals surface area contributed by atoms with Crippen LogP contribution in [0.1, 0.15) is 82.9 Å². The molecule has 0 saturated heterocycles. The third-order valence-electron chi connectivity index (χ3n) is 7.54. The van der Waals surface area contributed by atoms with Gasteiger partial charge in [-0.1, -0.05) is 40.7 Å². The van der Waals surface area contributed by atoms with Gasteiger partial charge < -0.3 is 4.74 Å². The van der Waals surface area contributed by atoms with Gasteiger partial charge in [-0.25, -0.2) is 4.99 Å². The van der Waals surface area contributed by atoms with Crippen molar-refractivity contribution in [2.45, 2.75) is 79.4 Å². The largest absolute Gasteiger partial charge is 0.467 e. The van der Waals surface area contributed by atoms with E-state index in [0.29, 0.717) is 29.9 Å². The first-order chi connectivity index (χ1) is 13.2. The highest BCUT2D eigenvalue weighted by Gasteiger charge is 2.52. The highest BCUT2D eigenvalue weighted by molar-refractivity contribution is 9.10. The molecule has 4 rings (SSSR count). The summed E-state index contributed by atoms with van der Waals surface area (Å²) in [6.45, 7) is 13.4. The van der Waals surface area contributed by atoms with Gasteiger partial charge in [-0.05, 0) is 76.4 Å². The molecule has 1 aromatic rings. The Balaban J connectivity index is 1.99. The zero-order valence-corrected chi connectivity index (χ0v) is 19.5. The lowest BCUT2D eigenvalue weighted by Gasteiger charge is -2.36. The topological polar surface area (TPSA) is 38.7 Å². The molecule has 1 heterocycles. The predicted molar refractivity (Wildman–Crippen MR) is 117 cm³/mol. The number of aryl methyl sites for hydroxylation is 1. The Kier molecular flexibility index (Phi) is 5.01. The van der Waals surface area contributed by atoms with Crippen molar-refractivity contribution in [1.82, 2.24) is 0 Å². The molecule has 1 saturated carbocycles. The van der Waals surface area contributed by atoms with E-state index in [4.69, 9.17) is 9.73 Å². The molecule has 152 valence electrons. The van der Waals surface area contributed by atoms with E-state index in [1.54, 1.807) is 0 Å². The lowest BCUT2D eigenvalue weighted by molar-refractivity contribution is -0.115. The van der Waals surface area contributed by atoms with E-state index in [1.807, 2.05) is 0 Å². The van der Waals surface area contributed by atoms with E-state index in [0.717, 1.165) is 28.6 Å². The molecule has 3 nitrogen and oxygen atoms in total. The van der Waals surface area contributed by atoms with Crippen LogP contribution < -0.4 is 4.74 Å². The van der Waals surface area contributed by atoms with Crippen molar-refractivity contribution in [2.75, 3.05) is 0 Å². The second kappa shape index (κ2) is 6.97. The number of benzene rings is 1. The van der Waals surface area contributed by atoms with Gasteiger partial charge in [0.1, 0.15) is 11.5 Å². The Hall–Kier alpha value is -1.16. The third-order valence-corrected chi connectivity index (χ3v) is 8.53.